The highest BCUT2D eigenvalue weighted by molar-refractivity contribution is 7.99. The molecule has 2 aliphatic rings. The summed E-state index contributed by atoms with van der Waals surface area (Å²) in [6, 6.07) is 6.46. The molecule has 3 rings (SSSR count). The molecule has 0 radical (unpaired) electrons. The predicted molar refractivity (Wildman–Crippen MR) is 96.8 cm³/mol. The highest BCUT2D eigenvalue weighted by Crippen LogP contribution is 2.30. The summed E-state index contributed by atoms with van der Waals surface area (Å²) in [5.41, 5.74) is -0.0425. The lowest BCUT2D eigenvalue weighted by atomic mass is 10.0. The van der Waals surface area contributed by atoms with Crippen LogP contribution in [-0.4, -0.2) is 69.1 Å². The van der Waals surface area contributed by atoms with Gasteiger partial charge >= 0.3 is 0 Å². The molecule has 0 aliphatic carbocycles. The summed E-state index contributed by atoms with van der Waals surface area (Å²) in [6.07, 6.45) is 5.46. The summed E-state index contributed by atoms with van der Waals surface area (Å²) in [6.45, 7) is 2.34. The van der Waals surface area contributed by atoms with Crippen LogP contribution in [0.25, 0.3) is 0 Å². The maximum absolute atomic E-state index is 12.7. The summed E-state index contributed by atoms with van der Waals surface area (Å²) in [7, 11) is 2.14. The number of thioether (sulfide) groups is 1. The van der Waals surface area contributed by atoms with E-state index in [1.165, 1.54) is 0 Å². The number of rotatable bonds is 4. The van der Waals surface area contributed by atoms with Crippen LogP contribution >= 0.6 is 11.8 Å². The number of carbonyl (C=O) groups excluding carboxylic acids is 1. The third-order valence-electron chi connectivity index (χ3n) is 5.14. The first kappa shape index (κ1) is 17.7. The molecule has 0 unspecified atom stereocenters. The van der Waals surface area contributed by atoms with E-state index in [9.17, 15) is 9.90 Å². The van der Waals surface area contributed by atoms with E-state index < -0.39 is 5.60 Å². The second-order valence-corrected chi connectivity index (χ2v) is 8.05. The monoisotopic (exact) mass is 349 g/mol. The number of aliphatic hydroxyl groups is 1. The average Bonchev–Trinajstić information content (AvgIpc) is 2.90. The molecule has 0 bridgehead atoms. The average molecular weight is 350 g/mol. The minimum Gasteiger partial charge on any atom is -0.379 e. The van der Waals surface area contributed by atoms with Crippen LogP contribution < -0.4 is 0 Å². The first-order valence-electron chi connectivity index (χ1n) is 8.78. The number of aromatic nitrogens is 1. The van der Waals surface area contributed by atoms with Gasteiger partial charge in [0, 0.05) is 37.6 Å². The normalized spacial score (nSPS) is 28.1. The Hall–Kier alpha value is -1.11. The molecule has 6 heteroatoms. The van der Waals surface area contributed by atoms with Crippen molar-refractivity contribution in [2.75, 3.05) is 31.6 Å². The van der Waals surface area contributed by atoms with Crippen LogP contribution in [-0.2, 0) is 11.3 Å². The van der Waals surface area contributed by atoms with Crippen molar-refractivity contribution in [3.8, 4) is 0 Å². The van der Waals surface area contributed by atoms with Crippen LogP contribution in [0.1, 0.15) is 31.4 Å². The lowest BCUT2D eigenvalue weighted by molar-refractivity contribution is -0.148. The molecule has 5 nitrogen and oxygen atoms in total. The summed E-state index contributed by atoms with van der Waals surface area (Å²) in [5.74, 6) is 1.37. The Morgan fingerprint density at radius 1 is 1.46 bits per heavy atom. The van der Waals surface area contributed by atoms with Gasteiger partial charge in [0.1, 0.15) is 0 Å². The highest BCUT2D eigenvalue weighted by atomic mass is 32.2. The van der Waals surface area contributed by atoms with Gasteiger partial charge in [0.25, 0.3) is 5.91 Å². The number of amides is 1. The van der Waals surface area contributed by atoms with Crippen LogP contribution in [0.3, 0.4) is 0 Å². The number of nitrogens with zero attached hydrogens (tertiary/aromatic N) is 3. The second-order valence-electron chi connectivity index (χ2n) is 6.95. The lowest BCUT2D eigenvalue weighted by Gasteiger charge is -2.30. The summed E-state index contributed by atoms with van der Waals surface area (Å²) in [4.78, 5) is 21.3. The van der Waals surface area contributed by atoms with Crippen LogP contribution in [0.2, 0.25) is 0 Å². The quantitative estimate of drug-likeness (QED) is 0.898. The first-order chi connectivity index (χ1) is 11.6. The zero-order chi connectivity index (χ0) is 17.0. The molecule has 1 aromatic heterocycles. The van der Waals surface area contributed by atoms with Gasteiger partial charge in [-0.1, -0.05) is 6.07 Å². The van der Waals surface area contributed by atoms with Crippen molar-refractivity contribution in [3.05, 3.63) is 30.1 Å². The molecule has 132 valence electrons. The van der Waals surface area contributed by atoms with E-state index in [-0.39, 0.29) is 5.91 Å². The third kappa shape index (κ3) is 4.10. The summed E-state index contributed by atoms with van der Waals surface area (Å²) in [5, 5.41) is 10.5. The molecular formula is C18H27N3O2S. The standard InChI is InChI=1S/C18H27N3O2S/c1-20(13-15-5-2-3-9-19-15)16-6-4-10-21(11-7-16)17(22)18(23)8-12-24-14-18/h2-3,5,9,16,23H,4,6-8,10-14H2,1H3/t16-,18-/m0/s1. The molecule has 0 aromatic carbocycles. The predicted octanol–water partition coefficient (Wildman–Crippen LogP) is 1.76. The molecule has 3 heterocycles. The zero-order valence-electron chi connectivity index (χ0n) is 14.4. The zero-order valence-corrected chi connectivity index (χ0v) is 15.2. The van der Waals surface area contributed by atoms with E-state index >= 15 is 0 Å². The fraction of sp³-hybridized carbons (Fsp3) is 0.667. The second kappa shape index (κ2) is 7.85. The van der Waals surface area contributed by atoms with Gasteiger partial charge in [-0.2, -0.15) is 11.8 Å². The number of carbonyl (C=O) groups is 1. The largest absolute Gasteiger partial charge is 0.379 e. The van der Waals surface area contributed by atoms with E-state index in [4.69, 9.17) is 0 Å². The third-order valence-corrected chi connectivity index (χ3v) is 6.32. The molecule has 0 saturated carbocycles. The van der Waals surface area contributed by atoms with Crippen molar-refractivity contribution in [1.82, 2.24) is 14.8 Å². The van der Waals surface area contributed by atoms with E-state index in [1.54, 1.807) is 11.8 Å². The molecule has 24 heavy (non-hydrogen) atoms. The van der Waals surface area contributed by atoms with Crippen molar-refractivity contribution in [2.45, 2.75) is 43.9 Å². The number of hydrogen-bond donors (Lipinski definition) is 1. The summed E-state index contributed by atoms with van der Waals surface area (Å²) >= 11 is 1.67. The Morgan fingerprint density at radius 2 is 2.33 bits per heavy atom. The number of likely N-dealkylation sites (tertiary alicyclic amines) is 1. The van der Waals surface area contributed by atoms with Gasteiger partial charge in [-0.3, -0.25) is 14.7 Å². The minimum absolute atomic E-state index is 0.0551. The maximum Gasteiger partial charge on any atom is 0.255 e. The smallest absolute Gasteiger partial charge is 0.255 e. The van der Waals surface area contributed by atoms with Gasteiger partial charge in [-0.15, -0.1) is 0 Å². The van der Waals surface area contributed by atoms with Crippen LogP contribution in [0, 0.1) is 0 Å². The lowest BCUT2D eigenvalue weighted by Crippen LogP contribution is -2.49. The minimum atomic E-state index is -1.12. The molecule has 2 atom stereocenters. The van der Waals surface area contributed by atoms with Gasteiger partial charge in [0.2, 0.25) is 0 Å². The molecular weight excluding hydrogens is 322 g/mol. The van der Waals surface area contributed by atoms with Crippen molar-refractivity contribution in [2.24, 2.45) is 0 Å². The van der Waals surface area contributed by atoms with E-state index in [2.05, 4.69) is 23.0 Å². The Bertz CT molecular complexity index is 548. The Balaban J connectivity index is 1.55. The molecule has 1 N–H and O–H groups in total. The van der Waals surface area contributed by atoms with Crippen LogP contribution in [0.15, 0.2) is 24.4 Å². The molecule has 1 aromatic rings. The SMILES string of the molecule is CN(Cc1ccccn1)[C@H]1CCCN(C(=O)[C@]2(O)CCSC2)CC1. The molecule has 2 fully saturated rings. The van der Waals surface area contributed by atoms with E-state index in [0.717, 1.165) is 50.3 Å². The number of hydrogen-bond acceptors (Lipinski definition) is 5. The maximum atomic E-state index is 12.7. The Morgan fingerprint density at radius 3 is 3.04 bits per heavy atom. The van der Waals surface area contributed by atoms with Crippen molar-refractivity contribution in [3.63, 3.8) is 0 Å². The molecule has 2 saturated heterocycles. The van der Waals surface area contributed by atoms with E-state index in [0.29, 0.717) is 18.2 Å². The fourth-order valence-corrected chi connectivity index (χ4v) is 4.85. The molecule has 1 amide bonds. The number of pyridine rings is 1. The van der Waals surface area contributed by atoms with Gasteiger partial charge in [-0.05, 0) is 50.6 Å². The molecule has 0 spiro atoms. The fourth-order valence-electron chi connectivity index (χ4n) is 3.62. The summed E-state index contributed by atoms with van der Waals surface area (Å²) < 4.78 is 0. The highest BCUT2D eigenvalue weighted by Gasteiger charge is 2.42. The van der Waals surface area contributed by atoms with Crippen molar-refractivity contribution >= 4 is 17.7 Å². The van der Waals surface area contributed by atoms with E-state index in [1.807, 2.05) is 23.2 Å². The van der Waals surface area contributed by atoms with Gasteiger partial charge in [0.15, 0.2) is 5.60 Å². The Kier molecular flexibility index (Phi) is 5.79. The van der Waals surface area contributed by atoms with Gasteiger partial charge in [-0.25, -0.2) is 0 Å². The first-order valence-corrected chi connectivity index (χ1v) is 9.94. The van der Waals surface area contributed by atoms with Crippen LogP contribution in [0.4, 0.5) is 0 Å². The van der Waals surface area contributed by atoms with Crippen LogP contribution in [0.5, 0.6) is 0 Å². The van der Waals surface area contributed by atoms with Crippen molar-refractivity contribution < 1.29 is 9.90 Å². The van der Waals surface area contributed by atoms with Gasteiger partial charge in [0.05, 0.1) is 5.69 Å². The topological polar surface area (TPSA) is 56.7 Å². The van der Waals surface area contributed by atoms with Gasteiger partial charge < -0.3 is 10.0 Å². The molecule has 2 aliphatic heterocycles. The Labute approximate surface area is 148 Å². The van der Waals surface area contributed by atoms with Crippen molar-refractivity contribution in [1.29, 1.82) is 0 Å².